The van der Waals surface area contributed by atoms with Gasteiger partial charge in [-0.05, 0) is 55.9 Å². The van der Waals surface area contributed by atoms with E-state index in [-0.39, 0.29) is 11.9 Å². The molecule has 1 aromatic heterocycles. The number of nitriles is 1. The molecule has 1 saturated heterocycles. The van der Waals surface area contributed by atoms with Crippen LogP contribution < -0.4 is 9.64 Å². The van der Waals surface area contributed by atoms with Crippen LogP contribution in [-0.4, -0.2) is 31.2 Å². The van der Waals surface area contributed by atoms with Gasteiger partial charge in [0.15, 0.2) is 5.13 Å². The molecule has 0 N–H and O–H groups in total. The number of aromatic nitrogens is 1. The highest BCUT2D eigenvalue weighted by molar-refractivity contribution is 9.10. The van der Waals surface area contributed by atoms with Gasteiger partial charge in [0.2, 0.25) is 0 Å². The predicted octanol–water partition coefficient (Wildman–Crippen LogP) is 5.97. The molecule has 2 bridgehead atoms. The van der Waals surface area contributed by atoms with E-state index in [0.717, 1.165) is 63.7 Å². The van der Waals surface area contributed by atoms with Crippen LogP contribution in [0.5, 0.6) is 5.75 Å². The number of methoxy groups -OCH3 is 1. The molecule has 2 aliphatic rings. The normalized spacial score (nSPS) is 21.0. The molecule has 5 rings (SSSR count). The Hall–Kier alpha value is -2.89. The second kappa shape index (κ2) is 10.00. The Bertz CT molecular complexity index is 1290. The van der Waals surface area contributed by atoms with Crippen molar-refractivity contribution >= 4 is 38.4 Å². The third-order valence-electron chi connectivity index (χ3n) is 7.06. The molecule has 3 atom stereocenters. The van der Waals surface area contributed by atoms with Crippen LogP contribution in [0.4, 0.5) is 5.13 Å². The first kappa shape index (κ1) is 23.8. The number of benzene rings is 2. The lowest BCUT2D eigenvalue weighted by Crippen LogP contribution is -2.45. The summed E-state index contributed by atoms with van der Waals surface area (Å²) in [5, 5.41) is 12.5. The highest BCUT2D eigenvalue weighted by atomic mass is 79.9. The van der Waals surface area contributed by atoms with Gasteiger partial charge >= 0.3 is 5.97 Å². The van der Waals surface area contributed by atoms with E-state index in [1.807, 2.05) is 24.3 Å². The van der Waals surface area contributed by atoms with E-state index in [1.165, 1.54) is 7.11 Å². The molecule has 2 aromatic carbocycles. The number of carbonyl (C=O) groups is 1. The molecule has 1 saturated carbocycles. The molecule has 0 amide bonds. The first-order valence-corrected chi connectivity index (χ1v) is 13.3. The van der Waals surface area contributed by atoms with Gasteiger partial charge in [-0.1, -0.05) is 33.6 Å². The number of fused-ring (bicyclic) bond motifs is 2. The Morgan fingerprint density at radius 1 is 1.23 bits per heavy atom. The van der Waals surface area contributed by atoms with E-state index in [2.05, 4.69) is 45.3 Å². The molecule has 2 unspecified atom stereocenters. The van der Waals surface area contributed by atoms with Crippen molar-refractivity contribution in [1.82, 2.24) is 4.98 Å². The van der Waals surface area contributed by atoms with Gasteiger partial charge in [-0.3, -0.25) is 4.79 Å². The van der Waals surface area contributed by atoms with E-state index in [1.54, 1.807) is 17.4 Å². The fourth-order valence-corrected chi connectivity index (χ4v) is 6.54. The lowest BCUT2D eigenvalue weighted by atomic mass is 9.85. The highest BCUT2D eigenvalue weighted by Crippen LogP contribution is 2.45. The van der Waals surface area contributed by atoms with E-state index >= 15 is 0 Å². The van der Waals surface area contributed by atoms with Gasteiger partial charge in [-0.2, -0.15) is 5.26 Å². The number of hydrogen-bond donors (Lipinski definition) is 0. The molecule has 0 radical (unpaired) electrons. The summed E-state index contributed by atoms with van der Waals surface area (Å²) in [5.74, 6) is 1.34. The summed E-state index contributed by atoms with van der Waals surface area (Å²) in [6, 6.07) is 13.9. The number of rotatable bonds is 6. The Morgan fingerprint density at radius 2 is 2.00 bits per heavy atom. The lowest BCUT2D eigenvalue weighted by molar-refractivity contribution is -0.148. The molecule has 2 heterocycles. The summed E-state index contributed by atoms with van der Waals surface area (Å²) < 4.78 is 12.1. The predicted molar refractivity (Wildman–Crippen MR) is 139 cm³/mol. The first-order chi connectivity index (χ1) is 17.0. The van der Waals surface area contributed by atoms with E-state index in [0.29, 0.717) is 24.0 Å². The van der Waals surface area contributed by atoms with E-state index in [4.69, 9.17) is 14.5 Å². The van der Waals surface area contributed by atoms with Crippen LogP contribution in [0.2, 0.25) is 0 Å². The lowest BCUT2D eigenvalue weighted by Gasteiger charge is -2.36. The number of piperidine rings is 1. The number of thiazole rings is 1. The number of hydrogen-bond acceptors (Lipinski definition) is 7. The fraction of sp³-hybridized carbons (Fsp3) is 0.370. The maximum Gasteiger partial charge on any atom is 0.309 e. The van der Waals surface area contributed by atoms with E-state index < -0.39 is 0 Å². The second-order valence-electron chi connectivity index (χ2n) is 9.27. The molecule has 180 valence electrons. The minimum Gasteiger partial charge on any atom is -0.488 e. The van der Waals surface area contributed by atoms with Crippen LogP contribution in [0, 0.1) is 36.0 Å². The Morgan fingerprint density at radius 3 is 2.71 bits per heavy atom. The number of anilines is 1. The third kappa shape index (κ3) is 4.80. The van der Waals surface area contributed by atoms with Crippen molar-refractivity contribution in [3.05, 3.63) is 62.9 Å². The zero-order chi connectivity index (χ0) is 24.5. The molecule has 35 heavy (non-hydrogen) atoms. The van der Waals surface area contributed by atoms with Crippen LogP contribution in [-0.2, 0) is 16.1 Å². The standard InChI is InChI=1S/C27H26BrN3O3S/c1-16-3-8-24(34-14-19-6-7-21(28)10-20(19)11-29)22(9-16)23-15-35-27(30-23)31-12-17-4-5-18(13-31)25(17)26(32)33-2/h3,6-10,15,17-18,25H,4-5,12-14H2,1-2H3/t17-,18?,25?/m0/s1. The van der Waals surface area contributed by atoms with Crippen LogP contribution in [0.1, 0.15) is 29.5 Å². The summed E-state index contributed by atoms with van der Waals surface area (Å²) in [6.45, 7) is 4.02. The molecule has 2 fully saturated rings. The van der Waals surface area contributed by atoms with Crippen molar-refractivity contribution in [1.29, 1.82) is 5.26 Å². The summed E-state index contributed by atoms with van der Waals surface area (Å²) in [4.78, 5) is 19.6. The summed E-state index contributed by atoms with van der Waals surface area (Å²) in [6.07, 6.45) is 2.13. The maximum atomic E-state index is 12.3. The molecular formula is C27H26BrN3O3S. The highest BCUT2D eigenvalue weighted by Gasteiger charge is 2.47. The zero-order valence-corrected chi connectivity index (χ0v) is 22.1. The van der Waals surface area contributed by atoms with Crippen molar-refractivity contribution in [2.24, 2.45) is 17.8 Å². The van der Waals surface area contributed by atoms with Gasteiger partial charge in [0.25, 0.3) is 0 Å². The number of esters is 1. The quantitative estimate of drug-likeness (QED) is 0.351. The molecule has 0 spiro atoms. The summed E-state index contributed by atoms with van der Waals surface area (Å²) >= 11 is 5.05. The monoisotopic (exact) mass is 551 g/mol. The van der Waals surface area contributed by atoms with Crippen LogP contribution in [0.3, 0.4) is 0 Å². The number of carbonyl (C=O) groups excluding carboxylic acids is 1. The maximum absolute atomic E-state index is 12.3. The molecule has 6 nitrogen and oxygen atoms in total. The van der Waals surface area contributed by atoms with Gasteiger partial charge < -0.3 is 14.4 Å². The van der Waals surface area contributed by atoms with Crippen molar-refractivity contribution in [2.45, 2.75) is 26.4 Å². The smallest absolute Gasteiger partial charge is 0.309 e. The Labute approximate surface area is 217 Å². The minimum absolute atomic E-state index is 0.0179. The van der Waals surface area contributed by atoms with Crippen LogP contribution >= 0.6 is 27.3 Å². The largest absolute Gasteiger partial charge is 0.488 e. The van der Waals surface area contributed by atoms with Crippen molar-refractivity contribution in [3.8, 4) is 23.1 Å². The third-order valence-corrected chi connectivity index (χ3v) is 8.45. The summed E-state index contributed by atoms with van der Waals surface area (Å²) in [5.41, 5.74) is 4.37. The molecule has 1 aliphatic heterocycles. The SMILES string of the molecule is COC(=O)C1C2CC[C@H]1CN(c1nc(-c3cc(C)ccc3OCc3ccc(Br)cc3C#N)cs1)C2. The zero-order valence-electron chi connectivity index (χ0n) is 19.7. The van der Waals surface area contributed by atoms with Crippen LogP contribution in [0.25, 0.3) is 11.3 Å². The average molecular weight is 552 g/mol. The number of nitrogens with zero attached hydrogens (tertiary/aromatic N) is 3. The minimum atomic E-state index is -0.0659. The fourth-order valence-electron chi connectivity index (χ4n) is 5.34. The molecule has 3 aromatic rings. The van der Waals surface area contributed by atoms with E-state index in [9.17, 15) is 10.1 Å². The summed E-state index contributed by atoms with van der Waals surface area (Å²) in [7, 11) is 1.49. The Kier molecular flexibility index (Phi) is 6.81. The van der Waals surface area contributed by atoms with Gasteiger partial charge in [0, 0.05) is 34.1 Å². The van der Waals surface area contributed by atoms with Crippen LogP contribution in [0.15, 0.2) is 46.3 Å². The topological polar surface area (TPSA) is 75.4 Å². The van der Waals surface area contributed by atoms with Gasteiger partial charge in [-0.15, -0.1) is 11.3 Å². The van der Waals surface area contributed by atoms with Crippen molar-refractivity contribution < 1.29 is 14.3 Å². The number of aryl methyl sites for hydroxylation is 1. The van der Waals surface area contributed by atoms with Gasteiger partial charge in [-0.25, -0.2) is 4.98 Å². The molecular weight excluding hydrogens is 526 g/mol. The Balaban J connectivity index is 1.36. The first-order valence-electron chi connectivity index (χ1n) is 11.7. The van der Waals surface area contributed by atoms with Gasteiger partial charge in [0.05, 0.1) is 30.4 Å². The average Bonchev–Trinajstić information content (AvgIpc) is 3.46. The molecule has 1 aliphatic carbocycles. The number of ether oxygens (including phenoxy) is 2. The second-order valence-corrected chi connectivity index (χ2v) is 11.0. The van der Waals surface area contributed by atoms with Crippen molar-refractivity contribution in [3.63, 3.8) is 0 Å². The van der Waals surface area contributed by atoms with Gasteiger partial charge in [0.1, 0.15) is 12.4 Å². The molecule has 8 heteroatoms. The van der Waals surface area contributed by atoms with Crippen molar-refractivity contribution in [2.75, 3.05) is 25.1 Å². The number of halogens is 1.